The zero-order valence-corrected chi connectivity index (χ0v) is 14.7. The Balaban J connectivity index is 1.72. The van der Waals surface area contributed by atoms with Crippen LogP contribution in [0.3, 0.4) is 0 Å². The number of nitrogens with zero attached hydrogens (tertiary/aromatic N) is 3. The lowest BCUT2D eigenvalue weighted by Gasteiger charge is -2.41. The molecule has 0 bridgehead atoms. The summed E-state index contributed by atoms with van der Waals surface area (Å²) in [6.45, 7) is 4.55. The maximum absolute atomic E-state index is 7.60. The van der Waals surface area contributed by atoms with Crippen LogP contribution in [0.2, 0.25) is 0 Å². The third kappa shape index (κ3) is 2.67. The summed E-state index contributed by atoms with van der Waals surface area (Å²) in [6, 6.07) is 0.104. The molecule has 1 spiro atoms. The number of halogens is 1. The van der Waals surface area contributed by atoms with Crippen molar-refractivity contribution in [3.63, 3.8) is 0 Å². The molecule has 120 valence electrons. The van der Waals surface area contributed by atoms with Crippen molar-refractivity contribution >= 4 is 37.9 Å². The van der Waals surface area contributed by atoms with Crippen LogP contribution < -0.4 is 16.4 Å². The molecule has 22 heavy (non-hydrogen) atoms. The van der Waals surface area contributed by atoms with Crippen molar-refractivity contribution < 1.29 is 4.74 Å². The minimum Gasteiger partial charge on any atom is -0.382 e. The summed E-state index contributed by atoms with van der Waals surface area (Å²) in [4.78, 5) is 10.8. The highest BCUT2D eigenvalue weighted by Gasteiger charge is 2.47. The van der Waals surface area contributed by atoms with E-state index < -0.39 is 0 Å². The molecule has 2 fully saturated rings. The van der Waals surface area contributed by atoms with Crippen molar-refractivity contribution in [1.82, 2.24) is 9.97 Å². The van der Waals surface area contributed by atoms with Crippen molar-refractivity contribution in [2.75, 3.05) is 30.3 Å². The van der Waals surface area contributed by atoms with E-state index in [0.29, 0.717) is 15.2 Å². The average Bonchev–Trinajstić information content (AvgIpc) is 2.76. The number of nitrogens with one attached hydrogen (secondary N) is 1. The molecular weight excluding hydrogens is 395 g/mol. The van der Waals surface area contributed by atoms with E-state index in [4.69, 9.17) is 21.6 Å². The van der Waals surface area contributed by atoms with E-state index in [0.717, 1.165) is 38.4 Å². The van der Waals surface area contributed by atoms with Gasteiger partial charge in [-0.05, 0) is 42.4 Å². The maximum Gasteiger partial charge on any atom is 0.154 e. The van der Waals surface area contributed by atoms with Gasteiger partial charge in [-0.3, -0.25) is 5.41 Å². The largest absolute Gasteiger partial charge is 0.382 e. The third-order valence-corrected chi connectivity index (χ3v) is 5.44. The number of piperidine rings is 1. The van der Waals surface area contributed by atoms with Crippen molar-refractivity contribution in [3.05, 3.63) is 11.9 Å². The molecule has 7 nitrogen and oxygen atoms in total. The molecule has 0 aliphatic carbocycles. The van der Waals surface area contributed by atoms with Crippen LogP contribution in [0.1, 0.15) is 25.5 Å². The second-order valence-corrected chi connectivity index (χ2v) is 7.25. The van der Waals surface area contributed by atoms with Crippen LogP contribution in [-0.2, 0) is 4.74 Å². The van der Waals surface area contributed by atoms with Gasteiger partial charge in [-0.2, -0.15) is 0 Å². The molecule has 0 saturated carbocycles. The predicted molar refractivity (Wildman–Crippen MR) is 94.6 cm³/mol. The molecule has 0 unspecified atom stereocenters. The Morgan fingerprint density at radius 3 is 2.68 bits per heavy atom. The zero-order chi connectivity index (χ0) is 15.9. The maximum atomic E-state index is 7.60. The number of hydrogen-bond donors (Lipinski definition) is 3. The van der Waals surface area contributed by atoms with Gasteiger partial charge in [-0.25, -0.2) is 9.97 Å². The van der Waals surface area contributed by atoms with Crippen LogP contribution in [0, 0.1) is 10.8 Å². The van der Waals surface area contributed by atoms with E-state index in [2.05, 4.69) is 21.8 Å². The number of ether oxygens (including phenoxy) is 1. The number of hydrogen-bond acceptors (Lipinski definition) is 7. The summed E-state index contributed by atoms with van der Waals surface area (Å²) < 4.78 is 6.05. The molecule has 5 N–H and O–H groups in total. The van der Waals surface area contributed by atoms with Gasteiger partial charge in [0.2, 0.25) is 0 Å². The molecule has 2 aliphatic heterocycles. The Bertz CT molecular complexity index is 587. The first-order valence-electron chi connectivity index (χ1n) is 7.42. The third-order valence-electron chi connectivity index (χ3n) is 4.92. The highest BCUT2D eigenvalue weighted by Crippen LogP contribution is 2.41. The molecule has 0 radical (unpaired) electrons. The van der Waals surface area contributed by atoms with Gasteiger partial charge in [0.25, 0.3) is 0 Å². The van der Waals surface area contributed by atoms with Crippen molar-refractivity contribution in [2.24, 2.45) is 11.1 Å². The lowest BCUT2D eigenvalue weighted by Crippen LogP contribution is -2.50. The number of nitrogen functional groups attached to an aromatic ring is 1. The molecular formula is C14H21IN6O. The number of anilines is 2. The Morgan fingerprint density at radius 2 is 2.18 bits per heavy atom. The molecule has 1 aromatic heterocycles. The van der Waals surface area contributed by atoms with Crippen molar-refractivity contribution in [3.8, 4) is 0 Å². The fourth-order valence-electron chi connectivity index (χ4n) is 3.37. The van der Waals surface area contributed by atoms with Gasteiger partial charge in [-0.15, -0.1) is 0 Å². The van der Waals surface area contributed by atoms with Gasteiger partial charge in [0.05, 0.1) is 18.9 Å². The van der Waals surface area contributed by atoms with Gasteiger partial charge in [0.15, 0.2) is 5.82 Å². The van der Waals surface area contributed by atoms with Crippen LogP contribution in [-0.4, -0.2) is 45.5 Å². The van der Waals surface area contributed by atoms with Crippen LogP contribution >= 0.6 is 22.6 Å². The van der Waals surface area contributed by atoms with E-state index in [1.165, 1.54) is 0 Å². The molecule has 2 aliphatic rings. The molecule has 1 aromatic rings. The van der Waals surface area contributed by atoms with E-state index in [1.807, 2.05) is 22.6 Å². The predicted octanol–water partition coefficient (Wildman–Crippen LogP) is 1.15. The van der Waals surface area contributed by atoms with Crippen molar-refractivity contribution in [2.45, 2.75) is 31.9 Å². The van der Waals surface area contributed by atoms with Crippen LogP contribution in [0.15, 0.2) is 6.20 Å². The van der Waals surface area contributed by atoms with Gasteiger partial charge < -0.3 is 21.1 Å². The van der Waals surface area contributed by atoms with E-state index in [9.17, 15) is 0 Å². The molecule has 2 saturated heterocycles. The van der Waals surface area contributed by atoms with E-state index >= 15 is 0 Å². The van der Waals surface area contributed by atoms with Crippen molar-refractivity contribution in [1.29, 1.82) is 5.41 Å². The average molecular weight is 416 g/mol. The second-order valence-electron chi connectivity index (χ2n) is 6.17. The van der Waals surface area contributed by atoms with Crippen LogP contribution in [0.25, 0.3) is 0 Å². The number of aromatic nitrogens is 2. The minimum atomic E-state index is 0.0964. The quantitative estimate of drug-likeness (QED) is 0.493. The summed E-state index contributed by atoms with van der Waals surface area (Å²) in [7, 11) is 0. The van der Waals surface area contributed by atoms with E-state index in [1.54, 1.807) is 6.20 Å². The molecule has 8 heteroatoms. The summed E-state index contributed by atoms with van der Waals surface area (Å²) >= 11 is 1.89. The highest BCUT2D eigenvalue weighted by molar-refractivity contribution is 14.1. The smallest absolute Gasteiger partial charge is 0.154 e. The molecule has 3 rings (SSSR count). The minimum absolute atomic E-state index is 0.0964. The molecule has 0 amide bonds. The summed E-state index contributed by atoms with van der Waals surface area (Å²) in [6.07, 6.45) is 3.81. The summed E-state index contributed by atoms with van der Waals surface area (Å²) in [5.74, 6) is 1.08. The fraction of sp³-hybridized carbons (Fsp3) is 0.643. The van der Waals surface area contributed by atoms with Gasteiger partial charge >= 0.3 is 0 Å². The first-order valence-corrected chi connectivity index (χ1v) is 8.50. The van der Waals surface area contributed by atoms with Gasteiger partial charge in [0, 0.05) is 24.5 Å². The summed E-state index contributed by atoms with van der Waals surface area (Å²) in [5.41, 5.74) is 12.8. The van der Waals surface area contributed by atoms with E-state index in [-0.39, 0.29) is 17.6 Å². The Kier molecular flexibility index (Phi) is 4.25. The SMILES string of the molecule is C[C@@H]1OCC2(CCN(c3cnc(C(=N)I)c(N)n3)CC2)[C@@H]1N. The topological polar surface area (TPSA) is 114 Å². The lowest BCUT2D eigenvalue weighted by molar-refractivity contribution is 0.0974. The Morgan fingerprint density at radius 1 is 1.50 bits per heavy atom. The van der Waals surface area contributed by atoms with Crippen LogP contribution in [0.5, 0.6) is 0 Å². The summed E-state index contributed by atoms with van der Waals surface area (Å²) in [5, 5.41) is 7.60. The number of nitrogens with two attached hydrogens (primary N) is 2. The highest BCUT2D eigenvalue weighted by atomic mass is 127. The Hall–Kier alpha value is -1.00. The van der Waals surface area contributed by atoms with Crippen LogP contribution in [0.4, 0.5) is 11.6 Å². The normalized spacial score (nSPS) is 27.3. The lowest BCUT2D eigenvalue weighted by atomic mass is 9.73. The second kappa shape index (κ2) is 5.89. The zero-order valence-electron chi connectivity index (χ0n) is 12.6. The monoisotopic (exact) mass is 416 g/mol. The standard InChI is InChI=1S/C14H21IN6O/c1-8-11(16)14(7-22-8)2-4-21(5-3-14)9-6-19-10(12(15)17)13(18)20-9/h6,8,11,17H,2-5,7,16H2,1H3,(H2,18,20)/t8-,11+/m0/s1. The first kappa shape index (κ1) is 15.9. The Labute approximate surface area is 143 Å². The molecule has 3 heterocycles. The molecule has 2 atom stereocenters. The van der Waals surface area contributed by atoms with Gasteiger partial charge in [-0.1, -0.05) is 0 Å². The number of rotatable bonds is 2. The first-order chi connectivity index (χ1) is 10.4. The fourth-order valence-corrected chi connectivity index (χ4v) is 3.78. The molecule has 0 aromatic carbocycles. The van der Waals surface area contributed by atoms with Gasteiger partial charge in [0.1, 0.15) is 15.2 Å².